The van der Waals surface area contributed by atoms with Crippen LogP contribution in [0.4, 0.5) is 5.69 Å². The van der Waals surface area contributed by atoms with E-state index in [-0.39, 0.29) is 5.56 Å². The second kappa shape index (κ2) is 7.37. The van der Waals surface area contributed by atoms with Gasteiger partial charge >= 0.3 is 5.97 Å². The van der Waals surface area contributed by atoms with Crippen molar-refractivity contribution in [3.63, 3.8) is 0 Å². The molecule has 0 amide bonds. The van der Waals surface area contributed by atoms with E-state index in [9.17, 15) is 10.1 Å². The predicted octanol–water partition coefficient (Wildman–Crippen LogP) is 3.90. The van der Waals surface area contributed by atoms with Gasteiger partial charge in [-0.2, -0.15) is 5.26 Å². The number of carboxylic acids is 1. The van der Waals surface area contributed by atoms with E-state index in [0.29, 0.717) is 18.7 Å². The zero-order valence-electron chi connectivity index (χ0n) is 13.4. The topological polar surface area (TPSA) is 82.3 Å². The molecule has 0 unspecified atom stereocenters. The average Bonchev–Trinajstić information content (AvgIpc) is 2.65. The zero-order valence-corrected chi connectivity index (χ0v) is 13.4. The second-order valence-corrected chi connectivity index (χ2v) is 5.43. The third kappa shape index (κ3) is 3.70. The van der Waals surface area contributed by atoms with Gasteiger partial charge in [0.1, 0.15) is 12.4 Å². The summed E-state index contributed by atoms with van der Waals surface area (Å²) in [5.41, 5.74) is 1.71. The lowest BCUT2D eigenvalue weighted by Crippen LogP contribution is -2.11. The summed E-state index contributed by atoms with van der Waals surface area (Å²) < 4.78 is 5.84. The number of nitriles is 1. The Hall–Kier alpha value is -3.52. The van der Waals surface area contributed by atoms with Crippen LogP contribution in [0.3, 0.4) is 0 Å². The van der Waals surface area contributed by atoms with Gasteiger partial charge in [-0.15, -0.1) is 0 Å². The maximum absolute atomic E-state index is 10.8. The fraction of sp³-hybridized carbons (Fsp3) is 0.100. The van der Waals surface area contributed by atoms with Gasteiger partial charge < -0.3 is 15.2 Å². The SMILES string of the molecule is N#Cc1ccc(OCCNc2ccc(C(=O)O)cc2)c2ccccc12. The monoisotopic (exact) mass is 332 g/mol. The van der Waals surface area contributed by atoms with Crippen molar-refractivity contribution in [1.29, 1.82) is 5.26 Å². The fourth-order valence-electron chi connectivity index (χ4n) is 2.58. The van der Waals surface area contributed by atoms with Gasteiger partial charge in [-0.3, -0.25) is 0 Å². The van der Waals surface area contributed by atoms with Gasteiger partial charge in [0.2, 0.25) is 0 Å². The van der Waals surface area contributed by atoms with Crippen LogP contribution in [0.2, 0.25) is 0 Å². The fourth-order valence-corrected chi connectivity index (χ4v) is 2.58. The Morgan fingerprint density at radius 2 is 1.76 bits per heavy atom. The Bertz CT molecular complexity index is 943. The highest BCUT2D eigenvalue weighted by Crippen LogP contribution is 2.28. The highest BCUT2D eigenvalue weighted by molar-refractivity contribution is 5.92. The molecule has 2 N–H and O–H groups in total. The molecule has 0 atom stereocenters. The van der Waals surface area contributed by atoms with Crippen molar-refractivity contribution in [2.75, 3.05) is 18.5 Å². The molecule has 3 rings (SSSR count). The molecule has 0 heterocycles. The van der Waals surface area contributed by atoms with Crippen molar-refractivity contribution in [2.24, 2.45) is 0 Å². The van der Waals surface area contributed by atoms with E-state index in [1.165, 1.54) is 0 Å². The van der Waals surface area contributed by atoms with Gasteiger partial charge in [0, 0.05) is 23.0 Å². The summed E-state index contributed by atoms with van der Waals surface area (Å²) >= 11 is 0. The Morgan fingerprint density at radius 3 is 2.44 bits per heavy atom. The summed E-state index contributed by atoms with van der Waals surface area (Å²) in [6.07, 6.45) is 0. The lowest BCUT2D eigenvalue weighted by atomic mass is 10.0. The van der Waals surface area contributed by atoms with Crippen LogP contribution in [0.25, 0.3) is 10.8 Å². The van der Waals surface area contributed by atoms with Crippen LogP contribution >= 0.6 is 0 Å². The maximum atomic E-state index is 10.8. The third-order valence-corrected chi connectivity index (χ3v) is 3.83. The van der Waals surface area contributed by atoms with Crippen molar-refractivity contribution in [2.45, 2.75) is 0 Å². The van der Waals surface area contributed by atoms with E-state index in [1.54, 1.807) is 30.3 Å². The zero-order chi connectivity index (χ0) is 17.6. The molecule has 3 aromatic carbocycles. The van der Waals surface area contributed by atoms with E-state index in [1.807, 2.05) is 30.3 Å². The quantitative estimate of drug-likeness (QED) is 0.669. The van der Waals surface area contributed by atoms with Crippen LogP contribution in [-0.2, 0) is 0 Å². The van der Waals surface area contributed by atoms with E-state index >= 15 is 0 Å². The molecular weight excluding hydrogens is 316 g/mol. The Kier molecular flexibility index (Phi) is 4.82. The molecule has 0 aliphatic heterocycles. The molecule has 3 aromatic rings. The van der Waals surface area contributed by atoms with Crippen LogP contribution < -0.4 is 10.1 Å². The number of rotatable bonds is 6. The number of nitrogens with one attached hydrogen (secondary N) is 1. The number of hydrogen-bond donors (Lipinski definition) is 2. The summed E-state index contributed by atoms with van der Waals surface area (Å²) in [7, 11) is 0. The van der Waals surface area contributed by atoms with Crippen molar-refractivity contribution >= 4 is 22.4 Å². The summed E-state index contributed by atoms with van der Waals surface area (Å²) in [6.45, 7) is 1.01. The van der Waals surface area contributed by atoms with Gasteiger partial charge in [-0.25, -0.2) is 4.79 Å². The molecule has 0 aromatic heterocycles. The Labute approximate surface area is 145 Å². The molecule has 0 aliphatic carbocycles. The molecule has 25 heavy (non-hydrogen) atoms. The van der Waals surface area contributed by atoms with Gasteiger partial charge in [0.05, 0.1) is 17.2 Å². The third-order valence-electron chi connectivity index (χ3n) is 3.83. The summed E-state index contributed by atoms with van der Waals surface area (Å²) in [5.74, 6) is -0.208. The Balaban J connectivity index is 1.62. The molecule has 0 aliphatic rings. The minimum absolute atomic E-state index is 0.255. The van der Waals surface area contributed by atoms with Gasteiger partial charge in [-0.05, 0) is 36.4 Å². The molecule has 0 radical (unpaired) electrons. The summed E-state index contributed by atoms with van der Waals surface area (Å²) in [4.78, 5) is 10.8. The number of carbonyl (C=O) groups is 1. The first kappa shape index (κ1) is 16.3. The summed E-state index contributed by atoms with van der Waals surface area (Å²) in [6, 6.07) is 20.0. The normalized spacial score (nSPS) is 10.2. The second-order valence-electron chi connectivity index (χ2n) is 5.43. The molecule has 0 saturated carbocycles. The summed E-state index contributed by atoms with van der Waals surface area (Å²) in [5, 5.41) is 23.0. The molecule has 0 spiro atoms. The van der Waals surface area contributed by atoms with Crippen LogP contribution in [0, 0.1) is 11.3 Å². The Morgan fingerprint density at radius 1 is 1.04 bits per heavy atom. The molecular formula is C20H16N2O3. The lowest BCUT2D eigenvalue weighted by molar-refractivity contribution is 0.0697. The molecule has 5 nitrogen and oxygen atoms in total. The number of anilines is 1. The van der Waals surface area contributed by atoms with Crippen LogP contribution in [0.5, 0.6) is 5.75 Å². The first-order valence-electron chi connectivity index (χ1n) is 7.81. The van der Waals surface area contributed by atoms with E-state index in [4.69, 9.17) is 9.84 Å². The van der Waals surface area contributed by atoms with E-state index in [0.717, 1.165) is 22.2 Å². The standard InChI is InChI=1S/C20H16N2O3/c21-13-15-7-10-19(18-4-2-1-3-17(15)18)25-12-11-22-16-8-5-14(6-9-16)20(23)24/h1-10,22H,11-12H2,(H,23,24). The molecule has 0 fully saturated rings. The first-order valence-corrected chi connectivity index (χ1v) is 7.81. The molecule has 0 bridgehead atoms. The smallest absolute Gasteiger partial charge is 0.335 e. The van der Waals surface area contributed by atoms with Gasteiger partial charge in [0.15, 0.2) is 0 Å². The van der Waals surface area contributed by atoms with Crippen molar-refractivity contribution in [1.82, 2.24) is 0 Å². The number of fused-ring (bicyclic) bond motifs is 1. The predicted molar refractivity (Wildman–Crippen MR) is 96.0 cm³/mol. The number of aromatic carboxylic acids is 1. The minimum atomic E-state index is -0.942. The highest BCUT2D eigenvalue weighted by atomic mass is 16.5. The van der Waals surface area contributed by atoms with Crippen LogP contribution in [0.15, 0.2) is 60.7 Å². The maximum Gasteiger partial charge on any atom is 0.335 e. The number of benzene rings is 3. The van der Waals surface area contributed by atoms with Gasteiger partial charge in [-0.1, -0.05) is 24.3 Å². The number of ether oxygens (including phenoxy) is 1. The van der Waals surface area contributed by atoms with Crippen molar-refractivity contribution in [3.05, 3.63) is 71.8 Å². The first-order chi connectivity index (χ1) is 12.2. The molecule has 0 saturated heterocycles. The van der Waals surface area contributed by atoms with E-state index in [2.05, 4.69) is 11.4 Å². The molecule has 5 heteroatoms. The van der Waals surface area contributed by atoms with Crippen molar-refractivity contribution < 1.29 is 14.6 Å². The number of hydrogen-bond acceptors (Lipinski definition) is 4. The minimum Gasteiger partial charge on any atom is -0.491 e. The largest absolute Gasteiger partial charge is 0.491 e. The van der Waals surface area contributed by atoms with E-state index < -0.39 is 5.97 Å². The molecule has 124 valence electrons. The highest BCUT2D eigenvalue weighted by Gasteiger charge is 2.06. The average molecular weight is 332 g/mol. The van der Waals surface area contributed by atoms with Crippen molar-refractivity contribution in [3.8, 4) is 11.8 Å². The van der Waals surface area contributed by atoms with Crippen LogP contribution in [0.1, 0.15) is 15.9 Å². The van der Waals surface area contributed by atoms with Crippen LogP contribution in [-0.4, -0.2) is 24.2 Å². The number of carboxylic acid groups (broad SMARTS) is 1. The van der Waals surface area contributed by atoms with Gasteiger partial charge in [0.25, 0.3) is 0 Å². The number of nitrogens with zero attached hydrogens (tertiary/aromatic N) is 1. The lowest BCUT2D eigenvalue weighted by Gasteiger charge is -2.11.